The molecule has 20 heavy (non-hydrogen) atoms. The molecule has 1 aromatic carbocycles. The van der Waals surface area contributed by atoms with Gasteiger partial charge in [-0.15, -0.1) is 0 Å². The van der Waals surface area contributed by atoms with Crippen molar-refractivity contribution in [1.29, 1.82) is 0 Å². The summed E-state index contributed by atoms with van der Waals surface area (Å²) in [6, 6.07) is 5.17. The Bertz CT molecular complexity index is 559. The van der Waals surface area contributed by atoms with Crippen molar-refractivity contribution >= 4 is 23.2 Å². The maximum absolute atomic E-state index is 12.3. The highest BCUT2D eigenvalue weighted by Crippen LogP contribution is 2.32. The average Bonchev–Trinajstić information content (AvgIpc) is 2.85. The molecule has 0 saturated heterocycles. The smallest absolute Gasteiger partial charge is 0.227 e. The van der Waals surface area contributed by atoms with E-state index in [0.29, 0.717) is 22.2 Å². The van der Waals surface area contributed by atoms with Crippen LogP contribution in [0.4, 0.5) is 5.69 Å². The van der Waals surface area contributed by atoms with Gasteiger partial charge in [-0.25, -0.2) is 0 Å². The second-order valence-electron chi connectivity index (χ2n) is 5.15. The molecule has 2 atom stereocenters. The van der Waals surface area contributed by atoms with Crippen LogP contribution in [0.1, 0.15) is 31.7 Å². The van der Waals surface area contributed by atoms with Crippen molar-refractivity contribution in [3.05, 3.63) is 28.8 Å². The van der Waals surface area contributed by atoms with Crippen LogP contribution >= 0.6 is 11.6 Å². The van der Waals surface area contributed by atoms with Gasteiger partial charge in [0.05, 0.1) is 5.69 Å². The van der Waals surface area contributed by atoms with Crippen molar-refractivity contribution in [1.82, 2.24) is 0 Å². The lowest BCUT2D eigenvalue weighted by molar-refractivity contribution is -0.120. The highest BCUT2D eigenvalue weighted by molar-refractivity contribution is 6.30. The number of aliphatic hydroxyl groups is 1. The standard InChI is InChI=1S/C16H18ClNO2/c1-11-4-2-6-14(11)16(20)18-15-8-7-13(17)10-12(15)5-3-9-19/h7-8,10-11,14,19H,2,4,6,9H2,1H3,(H,18,20). The van der Waals surface area contributed by atoms with Crippen molar-refractivity contribution in [3.63, 3.8) is 0 Å². The number of aliphatic hydroxyl groups excluding tert-OH is 1. The van der Waals surface area contributed by atoms with Crippen LogP contribution in [0.3, 0.4) is 0 Å². The fourth-order valence-corrected chi connectivity index (χ4v) is 2.80. The van der Waals surface area contributed by atoms with E-state index in [1.165, 1.54) is 0 Å². The quantitative estimate of drug-likeness (QED) is 0.823. The number of hydrogen-bond donors (Lipinski definition) is 2. The maximum atomic E-state index is 12.3. The molecule has 0 radical (unpaired) electrons. The molecule has 4 heteroatoms. The van der Waals surface area contributed by atoms with E-state index < -0.39 is 0 Å². The summed E-state index contributed by atoms with van der Waals surface area (Å²) in [7, 11) is 0. The fourth-order valence-electron chi connectivity index (χ4n) is 2.62. The van der Waals surface area contributed by atoms with Gasteiger partial charge >= 0.3 is 0 Å². The van der Waals surface area contributed by atoms with Gasteiger partial charge in [-0.2, -0.15) is 0 Å². The summed E-state index contributed by atoms with van der Waals surface area (Å²) in [5, 5.41) is 12.3. The van der Waals surface area contributed by atoms with Gasteiger partial charge in [0.2, 0.25) is 5.91 Å². The molecule has 1 saturated carbocycles. The van der Waals surface area contributed by atoms with Gasteiger partial charge in [0, 0.05) is 16.5 Å². The Labute approximate surface area is 124 Å². The molecule has 2 unspecified atom stereocenters. The van der Waals surface area contributed by atoms with Crippen LogP contribution in [0.5, 0.6) is 0 Å². The van der Waals surface area contributed by atoms with Crippen LogP contribution in [-0.4, -0.2) is 17.6 Å². The molecule has 1 aliphatic rings. The van der Waals surface area contributed by atoms with E-state index in [1.54, 1.807) is 18.2 Å². The topological polar surface area (TPSA) is 49.3 Å². The number of hydrogen-bond acceptors (Lipinski definition) is 2. The van der Waals surface area contributed by atoms with Gasteiger partial charge < -0.3 is 10.4 Å². The van der Waals surface area contributed by atoms with Crippen LogP contribution in [0.15, 0.2) is 18.2 Å². The predicted octanol–water partition coefficient (Wildman–Crippen LogP) is 3.06. The van der Waals surface area contributed by atoms with E-state index in [1.807, 2.05) is 0 Å². The molecule has 2 N–H and O–H groups in total. The minimum atomic E-state index is -0.223. The van der Waals surface area contributed by atoms with E-state index in [2.05, 4.69) is 24.1 Å². The molecular weight excluding hydrogens is 274 g/mol. The molecule has 0 aromatic heterocycles. The molecule has 106 valence electrons. The zero-order valence-corrected chi connectivity index (χ0v) is 12.2. The first-order chi connectivity index (χ1) is 9.61. The lowest BCUT2D eigenvalue weighted by atomic mass is 9.97. The third-order valence-electron chi connectivity index (χ3n) is 3.74. The molecule has 3 nitrogen and oxygen atoms in total. The first kappa shape index (κ1) is 14.9. The first-order valence-corrected chi connectivity index (χ1v) is 7.19. The highest BCUT2D eigenvalue weighted by Gasteiger charge is 2.29. The largest absolute Gasteiger partial charge is 0.384 e. The minimum absolute atomic E-state index is 0.0457. The van der Waals surface area contributed by atoms with Gasteiger partial charge in [-0.05, 0) is 37.0 Å². The molecule has 0 spiro atoms. The molecular formula is C16H18ClNO2. The second-order valence-corrected chi connectivity index (χ2v) is 5.59. The Balaban J connectivity index is 2.18. The van der Waals surface area contributed by atoms with Crippen molar-refractivity contribution < 1.29 is 9.90 Å². The molecule has 1 aliphatic carbocycles. The zero-order valence-electron chi connectivity index (χ0n) is 11.4. The number of carbonyl (C=O) groups is 1. The normalized spacial score (nSPS) is 21.1. The van der Waals surface area contributed by atoms with E-state index in [4.69, 9.17) is 16.7 Å². The summed E-state index contributed by atoms with van der Waals surface area (Å²) in [4.78, 5) is 12.3. The monoisotopic (exact) mass is 291 g/mol. The summed E-state index contributed by atoms with van der Waals surface area (Å²) in [6.45, 7) is 1.89. The van der Waals surface area contributed by atoms with Crippen LogP contribution in [0.2, 0.25) is 5.02 Å². The van der Waals surface area contributed by atoms with Crippen molar-refractivity contribution in [2.75, 3.05) is 11.9 Å². The Morgan fingerprint density at radius 1 is 1.50 bits per heavy atom. The molecule has 1 amide bonds. The van der Waals surface area contributed by atoms with E-state index >= 15 is 0 Å². The molecule has 1 aromatic rings. The Hall–Kier alpha value is -1.50. The van der Waals surface area contributed by atoms with Crippen LogP contribution < -0.4 is 5.32 Å². The number of halogens is 1. The number of rotatable bonds is 2. The van der Waals surface area contributed by atoms with Crippen molar-refractivity contribution in [3.8, 4) is 11.8 Å². The fraction of sp³-hybridized carbons (Fsp3) is 0.438. The van der Waals surface area contributed by atoms with E-state index in [0.717, 1.165) is 19.3 Å². The van der Waals surface area contributed by atoms with Gasteiger partial charge in [-0.3, -0.25) is 4.79 Å². The SMILES string of the molecule is CC1CCCC1C(=O)Nc1ccc(Cl)cc1C#CCO. The lowest BCUT2D eigenvalue weighted by Crippen LogP contribution is -2.24. The second kappa shape index (κ2) is 6.78. The summed E-state index contributed by atoms with van der Waals surface area (Å²) in [6.07, 6.45) is 3.16. The first-order valence-electron chi connectivity index (χ1n) is 6.82. The number of benzene rings is 1. The maximum Gasteiger partial charge on any atom is 0.227 e. The Morgan fingerprint density at radius 3 is 2.95 bits per heavy atom. The molecule has 2 rings (SSSR count). The van der Waals surface area contributed by atoms with E-state index in [9.17, 15) is 4.79 Å². The Morgan fingerprint density at radius 2 is 2.30 bits per heavy atom. The molecule has 0 aliphatic heterocycles. The van der Waals surface area contributed by atoms with Crippen LogP contribution in [0.25, 0.3) is 0 Å². The summed E-state index contributed by atoms with van der Waals surface area (Å²) in [5.41, 5.74) is 1.28. The minimum Gasteiger partial charge on any atom is -0.384 e. The predicted molar refractivity (Wildman–Crippen MR) is 80.6 cm³/mol. The Kier molecular flexibility index (Phi) is 5.05. The van der Waals surface area contributed by atoms with Gasteiger partial charge in [0.15, 0.2) is 0 Å². The highest BCUT2D eigenvalue weighted by atomic mass is 35.5. The van der Waals surface area contributed by atoms with E-state index in [-0.39, 0.29) is 18.4 Å². The summed E-state index contributed by atoms with van der Waals surface area (Å²) in [5.74, 6) is 5.94. The van der Waals surface area contributed by atoms with Gasteiger partial charge in [-0.1, -0.05) is 36.8 Å². The van der Waals surface area contributed by atoms with Crippen molar-refractivity contribution in [2.45, 2.75) is 26.2 Å². The third kappa shape index (κ3) is 3.53. The number of amides is 1. The average molecular weight is 292 g/mol. The molecule has 0 heterocycles. The third-order valence-corrected chi connectivity index (χ3v) is 3.97. The molecule has 0 bridgehead atoms. The summed E-state index contributed by atoms with van der Waals surface area (Å²) >= 11 is 5.94. The molecule has 1 fully saturated rings. The summed E-state index contributed by atoms with van der Waals surface area (Å²) < 4.78 is 0. The van der Waals surface area contributed by atoms with Crippen LogP contribution in [0, 0.1) is 23.7 Å². The number of anilines is 1. The van der Waals surface area contributed by atoms with Gasteiger partial charge in [0.25, 0.3) is 0 Å². The zero-order chi connectivity index (χ0) is 14.5. The van der Waals surface area contributed by atoms with Gasteiger partial charge in [0.1, 0.15) is 6.61 Å². The number of carbonyl (C=O) groups excluding carboxylic acids is 1. The lowest BCUT2D eigenvalue weighted by Gasteiger charge is -2.16. The van der Waals surface area contributed by atoms with Crippen LogP contribution in [-0.2, 0) is 4.79 Å². The van der Waals surface area contributed by atoms with Crippen molar-refractivity contribution in [2.24, 2.45) is 11.8 Å². The number of nitrogens with one attached hydrogen (secondary N) is 1.